The van der Waals surface area contributed by atoms with Crippen LogP contribution in [0.4, 0.5) is 0 Å². The van der Waals surface area contributed by atoms with Gasteiger partial charge in [0.1, 0.15) is 5.54 Å². The fraction of sp³-hybridized carbons (Fsp3) is 0.917. The van der Waals surface area contributed by atoms with Gasteiger partial charge in [-0.1, -0.05) is 20.8 Å². The summed E-state index contributed by atoms with van der Waals surface area (Å²) in [5.74, 6) is 0. The Labute approximate surface area is 94.2 Å². The van der Waals surface area contributed by atoms with Gasteiger partial charge in [-0.25, -0.2) is 0 Å². The van der Waals surface area contributed by atoms with Gasteiger partial charge in [-0.2, -0.15) is 5.26 Å². The number of nitrogens with two attached hydrogens (primary N) is 1. The minimum Gasteiger partial charge on any atom is -0.313 e. The molecule has 0 saturated carbocycles. The van der Waals surface area contributed by atoms with E-state index in [-0.39, 0.29) is 0 Å². The second-order valence-electron chi connectivity index (χ2n) is 4.16. The Bertz CT molecular complexity index is 198. The third-order valence-corrected chi connectivity index (χ3v) is 2.94. The van der Waals surface area contributed by atoms with Crippen LogP contribution in [-0.2, 0) is 0 Å². The molecule has 0 aromatic rings. The maximum Gasteiger partial charge on any atom is 0.104 e. The van der Waals surface area contributed by atoms with Crippen molar-refractivity contribution in [3.8, 4) is 6.07 Å². The van der Waals surface area contributed by atoms with Crippen molar-refractivity contribution in [2.75, 3.05) is 19.6 Å². The summed E-state index contributed by atoms with van der Waals surface area (Å²) in [5, 5.41) is 8.92. The van der Waals surface area contributed by atoms with Gasteiger partial charge in [0.2, 0.25) is 0 Å². The van der Waals surface area contributed by atoms with Crippen molar-refractivity contribution in [2.24, 2.45) is 5.73 Å². The van der Waals surface area contributed by atoms with Crippen LogP contribution in [0.5, 0.6) is 0 Å². The molecule has 3 heteroatoms. The normalized spacial score (nSPS) is 14.9. The number of nitriles is 1. The van der Waals surface area contributed by atoms with Crippen molar-refractivity contribution in [1.29, 1.82) is 5.26 Å². The van der Waals surface area contributed by atoms with Crippen molar-refractivity contribution in [2.45, 2.75) is 52.0 Å². The first kappa shape index (κ1) is 14.4. The smallest absolute Gasteiger partial charge is 0.104 e. The van der Waals surface area contributed by atoms with Gasteiger partial charge in [0, 0.05) is 0 Å². The zero-order valence-corrected chi connectivity index (χ0v) is 10.4. The van der Waals surface area contributed by atoms with Gasteiger partial charge in [-0.15, -0.1) is 0 Å². The van der Waals surface area contributed by atoms with Crippen molar-refractivity contribution in [1.82, 2.24) is 4.90 Å². The molecule has 0 aromatic heterocycles. The molecule has 0 aliphatic heterocycles. The maximum absolute atomic E-state index is 8.92. The Balaban J connectivity index is 3.81. The van der Waals surface area contributed by atoms with Gasteiger partial charge < -0.3 is 10.6 Å². The van der Waals surface area contributed by atoms with Gasteiger partial charge in [0.15, 0.2) is 0 Å². The van der Waals surface area contributed by atoms with Crippen LogP contribution in [0.2, 0.25) is 0 Å². The summed E-state index contributed by atoms with van der Waals surface area (Å²) in [6.45, 7) is 9.64. The lowest BCUT2D eigenvalue weighted by atomic mass is 9.93. The van der Waals surface area contributed by atoms with Crippen LogP contribution < -0.4 is 5.73 Å². The molecular weight excluding hydrogens is 186 g/mol. The van der Waals surface area contributed by atoms with E-state index in [1.54, 1.807) is 0 Å². The fourth-order valence-corrected chi connectivity index (χ4v) is 1.67. The highest BCUT2D eigenvalue weighted by molar-refractivity contribution is 5.03. The summed E-state index contributed by atoms with van der Waals surface area (Å²) in [6, 6.07) is 2.21. The molecule has 0 amide bonds. The lowest BCUT2D eigenvalue weighted by Gasteiger charge is -2.23. The van der Waals surface area contributed by atoms with E-state index in [1.165, 1.54) is 6.42 Å². The van der Waals surface area contributed by atoms with Gasteiger partial charge in [-0.05, 0) is 45.3 Å². The van der Waals surface area contributed by atoms with Gasteiger partial charge in [0.05, 0.1) is 6.07 Å². The average Bonchev–Trinajstić information content (AvgIpc) is 2.27. The Morgan fingerprint density at radius 1 is 1.27 bits per heavy atom. The van der Waals surface area contributed by atoms with Gasteiger partial charge in [-0.3, -0.25) is 0 Å². The quantitative estimate of drug-likeness (QED) is 0.669. The zero-order chi connectivity index (χ0) is 11.7. The van der Waals surface area contributed by atoms with E-state index in [1.807, 2.05) is 6.92 Å². The van der Waals surface area contributed by atoms with Crippen LogP contribution in [0.1, 0.15) is 46.5 Å². The summed E-state index contributed by atoms with van der Waals surface area (Å²) in [6.07, 6.45) is 3.75. The highest BCUT2D eigenvalue weighted by Crippen LogP contribution is 2.13. The van der Waals surface area contributed by atoms with Crippen molar-refractivity contribution in [3.05, 3.63) is 0 Å². The summed E-state index contributed by atoms with van der Waals surface area (Å²) in [4.78, 5) is 2.41. The third-order valence-electron chi connectivity index (χ3n) is 2.94. The standard InChI is InChI=1S/C12H25N3/c1-4-9-15(6-3)10-7-8-12(14,5-2)11-13/h4-10,14H2,1-3H3. The van der Waals surface area contributed by atoms with E-state index < -0.39 is 5.54 Å². The predicted octanol–water partition coefficient (Wildman–Crippen LogP) is 2.13. The van der Waals surface area contributed by atoms with Crippen LogP contribution in [0, 0.1) is 11.3 Å². The highest BCUT2D eigenvalue weighted by Gasteiger charge is 2.21. The predicted molar refractivity (Wildman–Crippen MR) is 64.5 cm³/mol. The van der Waals surface area contributed by atoms with Crippen LogP contribution in [-0.4, -0.2) is 30.1 Å². The lowest BCUT2D eigenvalue weighted by molar-refractivity contribution is 0.273. The van der Waals surface area contributed by atoms with Crippen LogP contribution >= 0.6 is 0 Å². The molecule has 0 bridgehead atoms. The minimum atomic E-state index is -0.606. The highest BCUT2D eigenvalue weighted by atomic mass is 15.1. The maximum atomic E-state index is 8.92. The van der Waals surface area contributed by atoms with E-state index in [2.05, 4.69) is 24.8 Å². The molecule has 0 aliphatic rings. The van der Waals surface area contributed by atoms with Crippen molar-refractivity contribution < 1.29 is 0 Å². The van der Waals surface area contributed by atoms with Crippen LogP contribution in [0.15, 0.2) is 0 Å². The van der Waals surface area contributed by atoms with Gasteiger partial charge in [0.25, 0.3) is 0 Å². The van der Waals surface area contributed by atoms with Crippen LogP contribution in [0.25, 0.3) is 0 Å². The minimum absolute atomic E-state index is 0.606. The molecule has 88 valence electrons. The average molecular weight is 211 g/mol. The van der Waals surface area contributed by atoms with E-state index in [4.69, 9.17) is 11.0 Å². The third kappa shape index (κ3) is 5.76. The molecule has 15 heavy (non-hydrogen) atoms. The first-order chi connectivity index (χ1) is 7.11. The summed E-state index contributed by atoms with van der Waals surface area (Å²) >= 11 is 0. The molecule has 1 unspecified atom stereocenters. The summed E-state index contributed by atoms with van der Waals surface area (Å²) in [5.41, 5.74) is 5.31. The van der Waals surface area contributed by atoms with E-state index in [0.29, 0.717) is 0 Å². The van der Waals surface area contributed by atoms with E-state index in [0.717, 1.165) is 38.9 Å². The first-order valence-electron chi connectivity index (χ1n) is 6.04. The largest absolute Gasteiger partial charge is 0.313 e. The summed E-state index contributed by atoms with van der Waals surface area (Å²) in [7, 11) is 0. The number of nitrogens with zero attached hydrogens (tertiary/aromatic N) is 2. The SMILES string of the molecule is CCCN(CC)CCCC(N)(C#N)CC. The topological polar surface area (TPSA) is 53.0 Å². The fourth-order valence-electron chi connectivity index (χ4n) is 1.67. The second-order valence-corrected chi connectivity index (χ2v) is 4.16. The zero-order valence-electron chi connectivity index (χ0n) is 10.4. The monoisotopic (exact) mass is 211 g/mol. The molecule has 0 aliphatic carbocycles. The van der Waals surface area contributed by atoms with Crippen LogP contribution in [0.3, 0.4) is 0 Å². The number of rotatable bonds is 8. The molecule has 0 aromatic carbocycles. The molecule has 0 fully saturated rings. The number of hydrogen-bond acceptors (Lipinski definition) is 3. The van der Waals surface area contributed by atoms with Gasteiger partial charge >= 0.3 is 0 Å². The molecule has 0 rings (SSSR count). The molecule has 1 atom stereocenters. The van der Waals surface area contributed by atoms with Crippen molar-refractivity contribution in [3.63, 3.8) is 0 Å². The lowest BCUT2D eigenvalue weighted by Crippen LogP contribution is -2.38. The Kier molecular flexibility index (Phi) is 7.37. The molecule has 0 saturated heterocycles. The summed E-state index contributed by atoms with van der Waals surface area (Å²) < 4.78 is 0. The molecule has 0 radical (unpaired) electrons. The Hall–Kier alpha value is -0.590. The van der Waals surface area contributed by atoms with E-state index in [9.17, 15) is 0 Å². The molecule has 0 spiro atoms. The second kappa shape index (κ2) is 7.67. The van der Waals surface area contributed by atoms with Crippen molar-refractivity contribution >= 4 is 0 Å². The molecule has 0 heterocycles. The Morgan fingerprint density at radius 2 is 1.93 bits per heavy atom. The Morgan fingerprint density at radius 3 is 2.33 bits per heavy atom. The molecule has 3 nitrogen and oxygen atoms in total. The van der Waals surface area contributed by atoms with E-state index >= 15 is 0 Å². The molecular formula is C12H25N3. The number of hydrogen-bond donors (Lipinski definition) is 1. The first-order valence-corrected chi connectivity index (χ1v) is 6.04. The molecule has 2 N–H and O–H groups in total.